The molecule has 4 aromatic rings. The van der Waals surface area contributed by atoms with E-state index in [0.717, 1.165) is 8.78 Å². The van der Waals surface area contributed by atoms with Gasteiger partial charge in [0.25, 0.3) is 20.0 Å². The van der Waals surface area contributed by atoms with Gasteiger partial charge in [0.1, 0.15) is 6.54 Å². The fourth-order valence-electron chi connectivity index (χ4n) is 3.41. The highest BCUT2D eigenvalue weighted by molar-refractivity contribution is 9.10. The molecule has 1 amide bonds. The lowest BCUT2D eigenvalue weighted by atomic mass is 10.3. The number of hydrogen-bond donors (Lipinski definition) is 2. The van der Waals surface area contributed by atoms with Crippen molar-refractivity contribution in [1.29, 1.82) is 0 Å². The molecular formula is C26H22BrN3O5S2. The molecule has 4 rings (SSSR count). The summed E-state index contributed by atoms with van der Waals surface area (Å²) in [5, 5.41) is 2.63. The number of amides is 1. The average molecular weight is 601 g/mol. The summed E-state index contributed by atoms with van der Waals surface area (Å²) in [5.74, 6) is -0.591. The molecule has 8 nitrogen and oxygen atoms in total. The number of rotatable bonds is 9. The zero-order valence-corrected chi connectivity index (χ0v) is 22.5. The number of carbonyl (C=O) groups excluding carboxylic acids is 1. The van der Waals surface area contributed by atoms with Crippen molar-refractivity contribution in [2.45, 2.75) is 9.79 Å². The van der Waals surface area contributed by atoms with Crippen LogP contribution in [0.3, 0.4) is 0 Å². The largest absolute Gasteiger partial charge is 0.325 e. The third kappa shape index (κ3) is 6.56. The van der Waals surface area contributed by atoms with Gasteiger partial charge in [0.2, 0.25) is 5.91 Å². The maximum absolute atomic E-state index is 13.3. The van der Waals surface area contributed by atoms with E-state index in [2.05, 4.69) is 26.0 Å². The zero-order chi connectivity index (χ0) is 26.5. The normalized spacial score (nSPS) is 11.5. The Morgan fingerprint density at radius 2 is 1.22 bits per heavy atom. The first-order chi connectivity index (χ1) is 17.6. The Hall–Kier alpha value is -3.67. The maximum Gasteiger partial charge on any atom is 0.264 e. The van der Waals surface area contributed by atoms with E-state index in [4.69, 9.17) is 0 Å². The number of carbonyl (C=O) groups is 1. The summed E-state index contributed by atoms with van der Waals surface area (Å²) >= 11 is 3.30. The van der Waals surface area contributed by atoms with Gasteiger partial charge in [0.15, 0.2) is 0 Å². The number of para-hydroxylation sites is 1. The van der Waals surface area contributed by atoms with Gasteiger partial charge in [-0.3, -0.25) is 13.8 Å². The second kappa shape index (κ2) is 11.2. The summed E-state index contributed by atoms with van der Waals surface area (Å²) in [6.45, 7) is -0.480. The molecule has 11 heteroatoms. The van der Waals surface area contributed by atoms with Crippen molar-refractivity contribution in [2.24, 2.45) is 0 Å². The zero-order valence-electron chi connectivity index (χ0n) is 19.3. The summed E-state index contributed by atoms with van der Waals surface area (Å²) in [7, 11) is -7.86. The molecule has 190 valence electrons. The van der Waals surface area contributed by atoms with Gasteiger partial charge >= 0.3 is 0 Å². The number of hydrogen-bond acceptors (Lipinski definition) is 5. The van der Waals surface area contributed by atoms with E-state index in [0.29, 0.717) is 17.1 Å². The van der Waals surface area contributed by atoms with E-state index in [1.165, 1.54) is 36.4 Å². The predicted molar refractivity (Wildman–Crippen MR) is 147 cm³/mol. The molecule has 0 aromatic heterocycles. The minimum absolute atomic E-state index is 0.00554. The average Bonchev–Trinajstić information content (AvgIpc) is 2.90. The number of anilines is 3. The molecule has 2 N–H and O–H groups in total. The summed E-state index contributed by atoms with van der Waals surface area (Å²) in [4.78, 5) is 12.9. The van der Waals surface area contributed by atoms with Crippen LogP contribution in [0.1, 0.15) is 0 Å². The van der Waals surface area contributed by atoms with Crippen molar-refractivity contribution in [3.05, 3.63) is 114 Å². The monoisotopic (exact) mass is 599 g/mol. The molecule has 0 radical (unpaired) electrons. The molecule has 0 atom stereocenters. The van der Waals surface area contributed by atoms with Gasteiger partial charge in [-0.25, -0.2) is 16.8 Å². The third-order valence-electron chi connectivity index (χ3n) is 5.21. The Morgan fingerprint density at radius 3 is 1.81 bits per heavy atom. The number of sulfonamides is 2. The molecule has 0 fully saturated rings. The molecule has 37 heavy (non-hydrogen) atoms. The number of nitrogens with zero attached hydrogens (tertiary/aromatic N) is 1. The SMILES string of the molecule is O=C(CN(c1ccccc1)S(=O)(=O)c1ccccc1)Nc1ccc(S(=O)(=O)Nc2ccc(Br)cc2)cc1. The van der Waals surface area contributed by atoms with Crippen molar-refractivity contribution in [3.63, 3.8) is 0 Å². The molecule has 4 aromatic carbocycles. The molecule has 0 heterocycles. The van der Waals surface area contributed by atoms with Gasteiger partial charge in [0, 0.05) is 15.8 Å². The van der Waals surface area contributed by atoms with Crippen LogP contribution >= 0.6 is 15.9 Å². The Bertz CT molecular complexity index is 1580. The van der Waals surface area contributed by atoms with Crippen LogP contribution in [0.2, 0.25) is 0 Å². The van der Waals surface area contributed by atoms with Crippen LogP contribution < -0.4 is 14.3 Å². The van der Waals surface area contributed by atoms with Gasteiger partial charge in [-0.1, -0.05) is 52.3 Å². The fraction of sp³-hybridized carbons (Fsp3) is 0.0385. The first-order valence-corrected chi connectivity index (χ1v) is 14.7. The second-order valence-corrected chi connectivity index (χ2v) is 12.3. The van der Waals surface area contributed by atoms with Crippen molar-refractivity contribution in [2.75, 3.05) is 20.9 Å². The standard InChI is InChI=1S/C26H22BrN3O5S2/c27-20-11-13-22(14-12-20)29-36(32,33)24-17-15-21(16-18-24)28-26(31)19-30(23-7-3-1-4-8-23)37(34,35)25-9-5-2-6-10-25/h1-18,29H,19H2,(H,28,31). The molecule has 0 aliphatic heterocycles. The Balaban J connectivity index is 1.50. The molecule has 0 spiro atoms. The molecule has 0 aliphatic carbocycles. The summed E-state index contributed by atoms with van der Waals surface area (Å²) < 4.78 is 56.3. The quantitative estimate of drug-likeness (QED) is 0.278. The molecule has 0 unspecified atom stereocenters. The van der Waals surface area contributed by atoms with E-state index in [1.54, 1.807) is 72.8 Å². The molecule has 0 bridgehead atoms. The van der Waals surface area contributed by atoms with Crippen LogP contribution in [-0.4, -0.2) is 29.3 Å². The van der Waals surface area contributed by atoms with Crippen LogP contribution in [0, 0.1) is 0 Å². The van der Waals surface area contributed by atoms with Crippen LogP contribution in [0.5, 0.6) is 0 Å². The van der Waals surface area contributed by atoms with Gasteiger partial charge in [-0.2, -0.15) is 0 Å². The number of benzene rings is 4. The van der Waals surface area contributed by atoms with E-state index >= 15 is 0 Å². The predicted octanol–water partition coefficient (Wildman–Crippen LogP) is 5.08. The lowest BCUT2D eigenvalue weighted by Gasteiger charge is -2.24. The lowest BCUT2D eigenvalue weighted by molar-refractivity contribution is -0.114. The van der Waals surface area contributed by atoms with Crippen molar-refractivity contribution in [1.82, 2.24) is 0 Å². The first-order valence-electron chi connectivity index (χ1n) is 11.0. The van der Waals surface area contributed by atoms with Crippen molar-refractivity contribution in [3.8, 4) is 0 Å². The summed E-state index contributed by atoms with van der Waals surface area (Å²) in [6.07, 6.45) is 0. The molecule has 0 aliphatic rings. The topological polar surface area (TPSA) is 113 Å². The van der Waals surface area contributed by atoms with Crippen LogP contribution in [0.25, 0.3) is 0 Å². The summed E-state index contributed by atoms with van der Waals surface area (Å²) in [6, 6.07) is 28.4. The lowest BCUT2D eigenvalue weighted by Crippen LogP contribution is -2.38. The Labute approximate surface area is 224 Å². The Morgan fingerprint density at radius 1 is 0.676 bits per heavy atom. The van der Waals surface area contributed by atoms with E-state index in [-0.39, 0.29) is 9.79 Å². The molecule has 0 saturated heterocycles. The maximum atomic E-state index is 13.3. The number of nitrogens with one attached hydrogen (secondary N) is 2. The van der Waals surface area contributed by atoms with Gasteiger partial charge in [-0.05, 0) is 72.8 Å². The second-order valence-electron chi connectivity index (χ2n) is 7.85. The van der Waals surface area contributed by atoms with Crippen molar-refractivity contribution >= 4 is 58.9 Å². The van der Waals surface area contributed by atoms with Crippen LogP contribution in [0.15, 0.2) is 123 Å². The smallest absolute Gasteiger partial charge is 0.264 e. The molecule has 0 saturated carbocycles. The number of halogens is 1. The van der Waals surface area contributed by atoms with Crippen LogP contribution in [-0.2, 0) is 24.8 Å². The highest BCUT2D eigenvalue weighted by Crippen LogP contribution is 2.24. The highest BCUT2D eigenvalue weighted by Gasteiger charge is 2.27. The summed E-state index contributed by atoms with van der Waals surface area (Å²) in [5.41, 5.74) is 1.06. The van der Waals surface area contributed by atoms with Crippen LogP contribution in [0.4, 0.5) is 17.1 Å². The molecular weight excluding hydrogens is 578 g/mol. The van der Waals surface area contributed by atoms with Gasteiger partial charge in [0.05, 0.1) is 15.5 Å². The highest BCUT2D eigenvalue weighted by atomic mass is 79.9. The Kier molecular flexibility index (Phi) is 7.96. The minimum Gasteiger partial charge on any atom is -0.325 e. The van der Waals surface area contributed by atoms with E-state index in [1.807, 2.05) is 0 Å². The van der Waals surface area contributed by atoms with Gasteiger partial charge in [-0.15, -0.1) is 0 Å². The van der Waals surface area contributed by atoms with Gasteiger partial charge < -0.3 is 5.32 Å². The van der Waals surface area contributed by atoms with E-state index in [9.17, 15) is 21.6 Å². The minimum atomic E-state index is -4.02. The fourth-order valence-corrected chi connectivity index (χ4v) is 6.17. The van der Waals surface area contributed by atoms with Crippen molar-refractivity contribution < 1.29 is 21.6 Å². The third-order valence-corrected chi connectivity index (χ3v) is 8.92. The van der Waals surface area contributed by atoms with E-state index < -0.39 is 32.5 Å². The first kappa shape index (κ1) is 26.4.